The van der Waals surface area contributed by atoms with Crippen LogP contribution in [0.1, 0.15) is 52.8 Å². The maximum Gasteiger partial charge on any atom is 0.337 e. The van der Waals surface area contributed by atoms with Crippen molar-refractivity contribution >= 4 is 27.6 Å². The van der Waals surface area contributed by atoms with Gasteiger partial charge in [0.25, 0.3) is 5.91 Å². The van der Waals surface area contributed by atoms with E-state index >= 15 is 0 Å². The first-order valence-electron chi connectivity index (χ1n) is 9.49. The fourth-order valence-corrected chi connectivity index (χ4v) is 5.22. The monoisotopic (exact) mass is 410 g/mol. The number of amides is 1. The van der Waals surface area contributed by atoms with Crippen LogP contribution in [0.2, 0.25) is 0 Å². The molecule has 1 heterocycles. The summed E-state index contributed by atoms with van der Waals surface area (Å²) in [5.74, 6) is -1.80. The minimum Gasteiger partial charge on any atom is -0.478 e. The lowest BCUT2D eigenvalue weighted by Gasteiger charge is -2.29. The third-order valence-electron chi connectivity index (χ3n) is 5.23. The molecule has 9 nitrogen and oxygen atoms in total. The molecule has 1 amide bonds. The van der Waals surface area contributed by atoms with Gasteiger partial charge in [-0.15, -0.1) is 0 Å². The molecular formula is C18H26N4O5S. The van der Waals surface area contributed by atoms with Gasteiger partial charge in [-0.25, -0.2) is 17.9 Å². The fourth-order valence-electron chi connectivity index (χ4n) is 3.71. The number of sulfonamides is 1. The van der Waals surface area contributed by atoms with E-state index in [1.54, 1.807) is 4.90 Å². The fraction of sp³-hybridized carbons (Fsp3) is 0.556. The summed E-state index contributed by atoms with van der Waals surface area (Å²) in [6.45, 7) is 2.09. The Morgan fingerprint density at radius 2 is 1.75 bits per heavy atom. The van der Waals surface area contributed by atoms with Gasteiger partial charge in [-0.05, 0) is 25.0 Å². The summed E-state index contributed by atoms with van der Waals surface area (Å²) >= 11 is 0. The van der Waals surface area contributed by atoms with Crippen molar-refractivity contribution in [3.8, 4) is 0 Å². The van der Waals surface area contributed by atoms with E-state index in [1.165, 1.54) is 6.07 Å². The van der Waals surface area contributed by atoms with Crippen LogP contribution in [0.15, 0.2) is 17.0 Å². The maximum absolute atomic E-state index is 13.1. The molecular weight excluding hydrogens is 384 g/mol. The highest BCUT2D eigenvalue weighted by Crippen LogP contribution is 2.27. The Bertz CT molecular complexity index is 859. The summed E-state index contributed by atoms with van der Waals surface area (Å²) in [4.78, 5) is 25.7. The number of aromatic carboxylic acids is 1. The number of piperazine rings is 1. The van der Waals surface area contributed by atoms with Gasteiger partial charge in [0.05, 0.1) is 16.0 Å². The van der Waals surface area contributed by atoms with Crippen LogP contribution in [0.4, 0.5) is 5.69 Å². The van der Waals surface area contributed by atoms with Gasteiger partial charge in [0.1, 0.15) is 0 Å². The SMILES string of the molecule is Nc1cc(C(=O)N2CCNCC2)c(S(=O)(=O)NC2CCCCC2)cc1C(=O)O. The van der Waals surface area contributed by atoms with E-state index in [9.17, 15) is 23.1 Å². The van der Waals surface area contributed by atoms with E-state index in [2.05, 4.69) is 10.0 Å². The van der Waals surface area contributed by atoms with Crippen molar-refractivity contribution in [1.29, 1.82) is 0 Å². The predicted molar refractivity (Wildman–Crippen MR) is 104 cm³/mol. The number of hydrogen-bond acceptors (Lipinski definition) is 6. The molecule has 1 aliphatic heterocycles. The number of anilines is 1. The third kappa shape index (κ3) is 4.45. The van der Waals surface area contributed by atoms with Gasteiger partial charge in [0, 0.05) is 37.9 Å². The lowest BCUT2D eigenvalue weighted by atomic mass is 9.96. The number of nitrogens with one attached hydrogen (secondary N) is 2. The van der Waals surface area contributed by atoms with Crippen LogP contribution in [0, 0.1) is 0 Å². The van der Waals surface area contributed by atoms with Gasteiger partial charge in [-0.2, -0.15) is 0 Å². The molecule has 0 radical (unpaired) electrons. The first kappa shape index (κ1) is 20.6. The minimum atomic E-state index is -4.08. The Kier molecular flexibility index (Phi) is 6.21. The summed E-state index contributed by atoms with van der Waals surface area (Å²) in [5, 5.41) is 12.5. The van der Waals surface area contributed by atoms with Crippen LogP contribution in [0.5, 0.6) is 0 Å². The molecule has 154 valence electrons. The molecule has 5 N–H and O–H groups in total. The zero-order valence-corrected chi connectivity index (χ0v) is 16.4. The summed E-state index contributed by atoms with van der Waals surface area (Å²) in [5.41, 5.74) is 5.25. The van der Waals surface area contributed by atoms with E-state index in [0.29, 0.717) is 26.2 Å². The predicted octanol–water partition coefficient (Wildman–Crippen LogP) is 0.623. The van der Waals surface area contributed by atoms with Crippen molar-refractivity contribution in [2.45, 2.75) is 43.0 Å². The van der Waals surface area contributed by atoms with E-state index in [0.717, 1.165) is 38.2 Å². The van der Waals surface area contributed by atoms with Crippen molar-refractivity contribution in [3.63, 3.8) is 0 Å². The van der Waals surface area contributed by atoms with E-state index < -0.39 is 21.9 Å². The first-order valence-corrected chi connectivity index (χ1v) is 11.0. The molecule has 1 aromatic carbocycles. The maximum atomic E-state index is 13.1. The number of nitrogen functional groups attached to an aromatic ring is 1. The van der Waals surface area contributed by atoms with Crippen molar-refractivity contribution in [2.24, 2.45) is 0 Å². The molecule has 1 aliphatic carbocycles. The number of carboxylic acid groups (broad SMARTS) is 1. The average molecular weight is 410 g/mol. The van der Waals surface area contributed by atoms with Gasteiger partial charge in [-0.3, -0.25) is 4.79 Å². The summed E-state index contributed by atoms with van der Waals surface area (Å²) in [6.07, 6.45) is 4.38. The quantitative estimate of drug-likeness (QED) is 0.521. The first-order chi connectivity index (χ1) is 13.3. The van der Waals surface area contributed by atoms with Gasteiger partial charge in [0.15, 0.2) is 0 Å². The second-order valence-corrected chi connectivity index (χ2v) is 8.92. The number of hydrogen-bond donors (Lipinski definition) is 4. The van der Waals surface area contributed by atoms with Gasteiger partial charge in [0.2, 0.25) is 10.0 Å². The standard InChI is InChI=1S/C18H26N4O5S/c19-15-10-14(17(23)22-8-6-20-7-9-22)16(11-13(15)18(24)25)28(26,27)21-12-4-2-1-3-5-12/h10-12,20-21H,1-9,19H2,(H,24,25). The lowest BCUT2D eigenvalue weighted by molar-refractivity contribution is 0.0692. The van der Waals surface area contributed by atoms with Crippen LogP contribution in [0.25, 0.3) is 0 Å². The van der Waals surface area contributed by atoms with Crippen LogP contribution >= 0.6 is 0 Å². The van der Waals surface area contributed by atoms with Crippen molar-refractivity contribution < 1.29 is 23.1 Å². The van der Waals surface area contributed by atoms with Gasteiger partial charge >= 0.3 is 5.97 Å². The molecule has 0 spiro atoms. The molecule has 0 aromatic heterocycles. The highest BCUT2D eigenvalue weighted by Gasteiger charge is 2.31. The Hall–Kier alpha value is -2.17. The van der Waals surface area contributed by atoms with Crippen LogP contribution in [-0.4, -0.2) is 62.5 Å². The second kappa shape index (κ2) is 8.46. The van der Waals surface area contributed by atoms with Crippen molar-refractivity contribution in [1.82, 2.24) is 14.9 Å². The number of benzene rings is 1. The second-order valence-electron chi connectivity index (χ2n) is 7.24. The normalized spacial score (nSPS) is 18.8. The van der Waals surface area contributed by atoms with Crippen LogP contribution in [-0.2, 0) is 10.0 Å². The zero-order chi connectivity index (χ0) is 20.3. The Morgan fingerprint density at radius 3 is 2.36 bits per heavy atom. The third-order valence-corrected chi connectivity index (χ3v) is 6.79. The van der Waals surface area contributed by atoms with Crippen LogP contribution < -0.4 is 15.8 Å². The van der Waals surface area contributed by atoms with Gasteiger partial charge < -0.3 is 21.1 Å². The molecule has 3 rings (SSSR count). The molecule has 28 heavy (non-hydrogen) atoms. The van der Waals surface area contributed by atoms with E-state index in [1.807, 2.05) is 0 Å². The number of carbonyl (C=O) groups is 2. The molecule has 1 aromatic rings. The minimum absolute atomic E-state index is 0.0901. The molecule has 0 unspecified atom stereocenters. The largest absolute Gasteiger partial charge is 0.478 e. The summed E-state index contributed by atoms with van der Waals surface area (Å²) in [6, 6.07) is 1.95. The summed E-state index contributed by atoms with van der Waals surface area (Å²) < 4.78 is 28.8. The molecule has 0 atom stereocenters. The van der Waals surface area contributed by atoms with E-state index in [4.69, 9.17) is 5.73 Å². The highest BCUT2D eigenvalue weighted by atomic mass is 32.2. The Balaban J connectivity index is 2.01. The molecule has 10 heteroatoms. The lowest BCUT2D eigenvalue weighted by Crippen LogP contribution is -2.47. The molecule has 2 fully saturated rings. The average Bonchev–Trinajstić information content (AvgIpc) is 2.68. The smallest absolute Gasteiger partial charge is 0.337 e. The van der Waals surface area contributed by atoms with Crippen molar-refractivity contribution in [3.05, 3.63) is 23.3 Å². The Labute approximate surface area is 164 Å². The summed E-state index contributed by atoms with van der Waals surface area (Å²) in [7, 11) is -4.08. The number of carbonyl (C=O) groups excluding carboxylic acids is 1. The van der Waals surface area contributed by atoms with Crippen LogP contribution in [0.3, 0.4) is 0 Å². The molecule has 2 aliphatic rings. The number of nitrogens with two attached hydrogens (primary N) is 1. The Morgan fingerprint density at radius 1 is 1.11 bits per heavy atom. The number of rotatable bonds is 5. The molecule has 1 saturated heterocycles. The highest BCUT2D eigenvalue weighted by molar-refractivity contribution is 7.89. The number of nitrogens with zero attached hydrogens (tertiary/aromatic N) is 1. The zero-order valence-electron chi connectivity index (χ0n) is 15.6. The molecule has 1 saturated carbocycles. The van der Waals surface area contributed by atoms with Gasteiger partial charge in [-0.1, -0.05) is 19.3 Å². The van der Waals surface area contributed by atoms with Crippen molar-refractivity contribution in [2.75, 3.05) is 31.9 Å². The number of carboxylic acids is 1. The van der Waals surface area contributed by atoms with E-state index in [-0.39, 0.29) is 27.8 Å². The molecule has 0 bridgehead atoms. The topological polar surface area (TPSA) is 142 Å².